The predicted octanol–water partition coefficient (Wildman–Crippen LogP) is 5.05. The van der Waals surface area contributed by atoms with Crippen LogP contribution in [0.4, 0.5) is 0 Å². The zero-order valence-electron chi connectivity index (χ0n) is 18.0. The highest BCUT2D eigenvalue weighted by molar-refractivity contribution is 7.41. The lowest BCUT2D eigenvalue weighted by Crippen LogP contribution is -2.17. The number of aromatic nitrogens is 2. The number of carboxylic acids is 2. The van der Waals surface area contributed by atoms with Gasteiger partial charge >= 0.3 is 11.9 Å². The van der Waals surface area contributed by atoms with Crippen molar-refractivity contribution >= 4 is 44.0 Å². The number of H-pyrrole nitrogens is 2. The predicted molar refractivity (Wildman–Crippen MR) is 136 cm³/mol. The van der Waals surface area contributed by atoms with Crippen LogP contribution in [0.25, 0.3) is 41.7 Å². The first-order chi connectivity index (χ1) is 16.8. The van der Waals surface area contributed by atoms with Crippen molar-refractivity contribution in [2.45, 2.75) is 6.92 Å². The van der Waals surface area contributed by atoms with Crippen LogP contribution < -0.4 is 11.1 Å². The van der Waals surface area contributed by atoms with Crippen LogP contribution in [-0.2, 0) is 0 Å². The van der Waals surface area contributed by atoms with Crippen LogP contribution in [0.15, 0.2) is 64.2 Å². The fraction of sp³-hybridized carbons (Fsp3) is 0.0400. The number of rotatable bonds is 5. The van der Waals surface area contributed by atoms with Gasteiger partial charge < -0.3 is 20.2 Å². The Kier molecular flexibility index (Phi) is 5.46. The molecule has 0 aliphatic carbocycles. The van der Waals surface area contributed by atoms with E-state index >= 15 is 0 Å². The van der Waals surface area contributed by atoms with Crippen LogP contribution in [0, 0.1) is 6.92 Å². The van der Waals surface area contributed by atoms with Crippen molar-refractivity contribution in [3.63, 3.8) is 0 Å². The molecule has 0 spiro atoms. The molecule has 1 aromatic carbocycles. The van der Waals surface area contributed by atoms with Gasteiger partial charge in [-0.05, 0) is 42.3 Å². The summed E-state index contributed by atoms with van der Waals surface area (Å²) in [6, 6.07) is 15.4. The van der Waals surface area contributed by atoms with Crippen molar-refractivity contribution in [1.29, 1.82) is 0 Å². The summed E-state index contributed by atoms with van der Waals surface area (Å²) in [5.41, 5.74) is 1.71. The van der Waals surface area contributed by atoms with Crippen molar-refractivity contribution in [2.24, 2.45) is 0 Å². The van der Waals surface area contributed by atoms with Crippen LogP contribution in [0.5, 0.6) is 0 Å². The topological polar surface area (TPSA) is 140 Å². The summed E-state index contributed by atoms with van der Waals surface area (Å²) < 4.78 is 0.942. The number of aryl methyl sites for hydroxylation is 1. The minimum absolute atomic E-state index is 0.328. The molecule has 0 aliphatic heterocycles. The Morgan fingerprint density at radius 3 is 1.77 bits per heavy atom. The fourth-order valence-electron chi connectivity index (χ4n) is 3.98. The van der Waals surface area contributed by atoms with Gasteiger partial charge in [0.05, 0.1) is 25.2 Å². The first kappa shape index (κ1) is 22.5. The van der Waals surface area contributed by atoms with Crippen molar-refractivity contribution in [2.75, 3.05) is 0 Å². The van der Waals surface area contributed by atoms with Gasteiger partial charge in [-0.25, -0.2) is 9.59 Å². The Bertz CT molecular complexity index is 1760. The second-order valence-corrected chi connectivity index (χ2v) is 10.0. The molecule has 4 heterocycles. The molecule has 5 aromatic rings. The van der Waals surface area contributed by atoms with Crippen LogP contribution in [0.2, 0.25) is 0 Å². The quantitative estimate of drug-likeness (QED) is 0.264. The number of benzene rings is 1. The second kappa shape index (κ2) is 8.49. The highest BCUT2D eigenvalue weighted by Gasteiger charge is 2.23. The highest BCUT2D eigenvalue weighted by atomic mass is 32.2. The SMILES string of the molecule is Cc1c(-c2ccc(C(=O)O)c(=O)[nH]2)sc2sc(-c3ccc(C(=O)O)c(=O)[nH]3)c(-c3ccccc3)c12. The molecule has 4 aromatic heterocycles. The summed E-state index contributed by atoms with van der Waals surface area (Å²) in [7, 11) is 0. The van der Waals surface area contributed by atoms with Gasteiger partial charge in [0.25, 0.3) is 11.1 Å². The normalized spacial score (nSPS) is 11.1. The van der Waals surface area contributed by atoms with E-state index in [2.05, 4.69) is 9.97 Å². The highest BCUT2D eigenvalue weighted by Crippen LogP contribution is 2.51. The molecule has 4 N–H and O–H groups in total. The number of carbonyl (C=O) groups is 2. The zero-order valence-corrected chi connectivity index (χ0v) is 19.7. The molecule has 0 radical (unpaired) electrons. The van der Waals surface area contributed by atoms with E-state index in [0.717, 1.165) is 35.8 Å². The molecule has 174 valence electrons. The van der Waals surface area contributed by atoms with E-state index in [9.17, 15) is 24.3 Å². The zero-order chi connectivity index (χ0) is 24.9. The lowest BCUT2D eigenvalue weighted by molar-refractivity contribution is 0.0684. The second-order valence-electron chi connectivity index (χ2n) is 7.73. The molecular weight excluding hydrogens is 488 g/mol. The van der Waals surface area contributed by atoms with Gasteiger partial charge in [0.2, 0.25) is 0 Å². The van der Waals surface area contributed by atoms with Crippen LogP contribution >= 0.6 is 22.7 Å². The molecule has 0 aliphatic rings. The smallest absolute Gasteiger partial charge is 0.341 e. The summed E-state index contributed by atoms with van der Waals surface area (Å²) in [5, 5.41) is 19.3. The van der Waals surface area contributed by atoms with E-state index in [1.807, 2.05) is 37.3 Å². The molecule has 5 rings (SSSR count). The van der Waals surface area contributed by atoms with Gasteiger partial charge in [0, 0.05) is 10.9 Å². The minimum atomic E-state index is -1.29. The number of aromatic amines is 2. The molecule has 0 bridgehead atoms. The summed E-state index contributed by atoms with van der Waals surface area (Å²) in [6.45, 7) is 1.93. The molecule has 0 amide bonds. The Morgan fingerprint density at radius 2 is 1.26 bits per heavy atom. The fourth-order valence-corrected chi connectivity index (χ4v) is 6.77. The average molecular weight is 505 g/mol. The molecule has 0 saturated heterocycles. The molecule has 10 heteroatoms. The van der Waals surface area contributed by atoms with E-state index in [1.54, 1.807) is 12.1 Å². The van der Waals surface area contributed by atoms with Gasteiger partial charge in [-0.15, -0.1) is 22.7 Å². The Balaban J connectivity index is 1.76. The van der Waals surface area contributed by atoms with E-state index in [-0.39, 0.29) is 11.1 Å². The maximum atomic E-state index is 12.4. The molecule has 0 atom stereocenters. The summed E-state index contributed by atoms with van der Waals surface area (Å²) in [4.78, 5) is 54.1. The summed E-state index contributed by atoms with van der Waals surface area (Å²) in [6.07, 6.45) is 0. The molecular formula is C25H16N2O6S2. The summed E-state index contributed by atoms with van der Waals surface area (Å²) >= 11 is 2.90. The maximum absolute atomic E-state index is 12.4. The number of nitrogens with one attached hydrogen (secondary N) is 2. The maximum Gasteiger partial charge on any atom is 0.341 e. The number of aromatic carboxylic acids is 2. The average Bonchev–Trinajstić information content (AvgIpc) is 3.35. The van der Waals surface area contributed by atoms with Crippen molar-refractivity contribution in [3.8, 4) is 32.3 Å². The third kappa shape index (κ3) is 3.78. The van der Waals surface area contributed by atoms with E-state index in [1.165, 1.54) is 34.8 Å². The molecule has 0 fully saturated rings. The molecule has 8 nitrogen and oxygen atoms in total. The number of pyridine rings is 2. The Hall–Kier alpha value is -4.28. The van der Waals surface area contributed by atoms with E-state index in [4.69, 9.17) is 5.11 Å². The van der Waals surface area contributed by atoms with E-state index < -0.39 is 23.1 Å². The van der Waals surface area contributed by atoms with Gasteiger partial charge in [-0.3, -0.25) is 9.59 Å². The number of hydrogen-bond acceptors (Lipinski definition) is 6. The number of thiophene rings is 2. The van der Waals surface area contributed by atoms with E-state index in [0.29, 0.717) is 11.4 Å². The summed E-state index contributed by atoms with van der Waals surface area (Å²) in [5.74, 6) is -2.59. The Labute approximate surface area is 204 Å². The lowest BCUT2D eigenvalue weighted by atomic mass is 9.99. The largest absolute Gasteiger partial charge is 0.477 e. The van der Waals surface area contributed by atoms with Crippen LogP contribution in [0.3, 0.4) is 0 Å². The molecule has 0 unspecified atom stereocenters. The third-order valence-electron chi connectivity index (χ3n) is 5.62. The van der Waals surface area contributed by atoms with Crippen molar-refractivity contribution in [3.05, 3.63) is 92.0 Å². The van der Waals surface area contributed by atoms with Crippen molar-refractivity contribution < 1.29 is 19.8 Å². The van der Waals surface area contributed by atoms with Gasteiger partial charge in [0.1, 0.15) is 11.1 Å². The van der Waals surface area contributed by atoms with Crippen molar-refractivity contribution in [1.82, 2.24) is 9.97 Å². The van der Waals surface area contributed by atoms with Gasteiger partial charge in [-0.1, -0.05) is 30.3 Å². The minimum Gasteiger partial charge on any atom is -0.477 e. The number of hydrogen-bond donors (Lipinski definition) is 4. The number of fused-ring (bicyclic) bond motifs is 1. The van der Waals surface area contributed by atoms with Gasteiger partial charge in [-0.2, -0.15) is 0 Å². The number of carboxylic acid groups (broad SMARTS) is 2. The standard InChI is InChI=1S/C25H16N2O6S2/c1-11-17-18(12-5-3-2-4-6-12)20(16-10-8-14(24(32)33)22(29)27-16)35-25(17)34-19(11)15-9-7-13(23(30)31)21(28)26-15/h2-10H,1H3,(H,26,28)(H,27,29)(H,30,31)(H,32,33). The lowest BCUT2D eigenvalue weighted by Gasteiger charge is -2.08. The van der Waals surface area contributed by atoms with Crippen LogP contribution in [0.1, 0.15) is 26.3 Å². The molecule has 35 heavy (non-hydrogen) atoms. The first-order valence-electron chi connectivity index (χ1n) is 10.3. The van der Waals surface area contributed by atoms with Crippen LogP contribution in [-0.4, -0.2) is 32.1 Å². The third-order valence-corrected chi connectivity index (χ3v) is 8.26. The Morgan fingerprint density at radius 1 is 0.743 bits per heavy atom. The molecule has 0 saturated carbocycles. The van der Waals surface area contributed by atoms with Gasteiger partial charge in [0.15, 0.2) is 0 Å². The monoisotopic (exact) mass is 504 g/mol. The first-order valence-corrected chi connectivity index (χ1v) is 11.9.